The molecule has 0 amide bonds. The lowest BCUT2D eigenvalue weighted by atomic mass is 9.99. The van der Waals surface area contributed by atoms with Crippen LogP contribution in [-0.4, -0.2) is 22.8 Å². The Labute approximate surface area is 111 Å². The second-order valence-corrected chi connectivity index (χ2v) is 5.49. The third-order valence-corrected chi connectivity index (χ3v) is 3.67. The molecule has 2 aromatic rings. The van der Waals surface area contributed by atoms with Crippen molar-refractivity contribution < 1.29 is 9.13 Å². The number of hydrogen-bond donors (Lipinski definition) is 1. The molecule has 19 heavy (non-hydrogen) atoms. The van der Waals surface area contributed by atoms with E-state index in [-0.39, 0.29) is 11.9 Å². The van der Waals surface area contributed by atoms with E-state index in [2.05, 4.69) is 23.4 Å². The number of ether oxygens (including phenoxy) is 1. The van der Waals surface area contributed by atoms with Crippen molar-refractivity contribution in [3.8, 4) is 0 Å². The van der Waals surface area contributed by atoms with Gasteiger partial charge < -0.3 is 15.0 Å². The highest BCUT2D eigenvalue weighted by Crippen LogP contribution is 2.32. The van der Waals surface area contributed by atoms with Gasteiger partial charge in [0.1, 0.15) is 17.2 Å². The first kappa shape index (κ1) is 12.6. The van der Waals surface area contributed by atoms with Crippen LogP contribution in [0.4, 0.5) is 4.39 Å². The predicted molar refractivity (Wildman–Crippen MR) is 71.4 cm³/mol. The molecule has 102 valence electrons. The lowest BCUT2D eigenvalue weighted by Gasteiger charge is -2.24. The summed E-state index contributed by atoms with van der Waals surface area (Å²) in [5.74, 6) is 0.516. The Balaban J connectivity index is 2.25. The summed E-state index contributed by atoms with van der Waals surface area (Å²) in [7, 11) is 0. The summed E-state index contributed by atoms with van der Waals surface area (Å²) in [5, 5.41) is 0. The van der Waals surface area contributed by atoms with E-state index in [1.165, 1.54) is 12.1 Å². The van der Waals surface area contributed by atoms with E-state index >= 15 is 0 Å². The van der Waals surface area contributed by atoms with Crippen molar-refractivity contribution in [3.63, 3.8) is 0 Å². The third-order valence-electron chi connectivity index (χ3n) is 3.67. The number of nitrogens with zero attached hydrogens (tertiary/aromatic N) is 2. The summed E-state index contributed by atoms with van der Waals surface area (Å²) in [4.78, 5) is 4.57. The average Bonchev–Trinajstić information content (AvgIpc) is 2.93. The van der Waals surface area contributed by atoms with Crippen molar-refractivity contribution in [3.05, 3.63) is 29.8 Å². The smallest absolute Gasteiger partial charge is 0.132 e. The van der Waals surface area contributed by atoms with Crippen LogP contribution < -0.4 is 5.73 Å². The molecule has 0 aliphatic carbocycles. The summed E-state index contributed by atoms with van der Waals surface area (Å²) >= 11 is 0. The van der Waals surface area contributed by atoms with Gasteiger partial charge in [0.2, 0.25) is 0 Å². The van der Waals surface area contributed by atoms with Gasteiger partial charge in [0, 0.05) is 18.7 Å². The second kappa shape index (κ2) is 4.28. The van der Waals surface area contributed by atoms with Gasteiger partial charge in [-0.15, -0.1) is 0 Å². The Kier molecular flexibility index (Phi) is 2.83. The van der Waals surface area contributed by atoms with Crippen LogP contribution in [0.25, 0.3) is 11.0 Å². The number of halogens is 1. The standard InChI is InChI=1S/C14H18FN3O/c1-9(2)18-12-4-3-10(15)7-11(12)17-13(18)14(16)5-6-19-8-14/h3-4,7,9H,5-6,8,16H2,1-2H3. The summed E-state index contributed by atoms with van der Waals surface area (Å²) in [6.07, 6.45) is 0.742. The van der Waals surface area contributed by atoms with E-state index in [1.807, 2.05) is 0 Å². The summed E-state index contributed by atoms with van der Waals surface area (Å²) in [6.45, 7) is 5.26. The van der Waals surface area contributed by atoms with Crippen molar-refractivity contribution in [2.75, 3.05) is 13.2 Å². The molecule has 1 aromatic carbocycles. The Morgan fingerprint density at radius 1 is 1.47 bits per heavy atom. The van der Waals surface area contributed by atoms with Gasteiger partial charge in [-0.05, 0) is 32.4 Å². The summed E-state index contributed by atoms with van der Waals surface area (Å²) in [6, 6.07) is 4.89. The Hall–Kier alpha value is -1.46. The molecule has 4 nitrogen and oxygen atoms in total. The Bertz CT molecular complexity index is 614. The van der Waals surface area contributed by atoms with Gasteiger partial charge in [0.15, 0.2) is 0 Å². The number of fused-ring (bicyclic) bond motifs is 1. The van der Waals surface area contributed by atoms with E-state index in [4.69, 9.17) is 10.5 Å². The topological polar surface area (TPSA) is 53.1 Å². The molecule has 0 spiro atoms. The maximum atomic E-state index is 13.3. The number of hydrogen-bond acceptors (Lipinski definition) is 3. The summed E-state index contributed by atoms with van der Waals surface area (Å²) in [5.41, 5.74) is 7.42. The number of benzene rings is 1. The van der Waals surface area contributed by atoms with Crippen LogP contribution in [0.15, 0.2) is 18.2 Å². The zero-order valence-corrected chi connectivity index (χ0v) is 11.2. The maximum absolute atomic E-state index is 13.3. The molecule has 0 radical (unpaired) electrons. The SMILES string of the molecule is CC(C)n1c(C2(N)CCOC2)nc2cc(F)ccc21. The molecule has 1 saturated heterocycles. The van der Waals surface area contributed by atoms with E-state index in [0.29, 0.717) is 18.7 Å². The van der Waals surface area contributed by atoms with Crippen LogP contribution >= 0.6 is 0 Å². The highest BCUT2D eigenvalue weighted by molar-refractivity contribution is 5.76. The van der Waals surface area contributed by atoms with Gasteiger partial charge in [-0.3, -0.25) is 0 Å². The van der Waals surface area contributed by atoms with Gasteiger partial charge in [-0.1, -0.05) is 0 Å². The molecular weight excluding hydrogens is 245 g/mol. The fourth-order valence-corrected chi connectivity index (χ4v) is 2.70. The largest absolute Gasteiger partial charge is 0.379 e. The molecule has 1 unspecified atom stereocenters. The van der Waals surface area contributed by atoms with Crippen molar-refractivity contribution in [2.45, 2.75) is 31.8 Å². The molecule has 2 N–H and O–H groups in total. The third kappa shape index (κ3) is 1.93. The average molecular weight is 263 g/mol. The van der Waals surface area contributed by atoms with E-state index < -0.39 is 5.54 Å². The zero-order valence-electron chi connectivity index (χ0n) is 11.2. The van der Waals surface area contributed by atoms with E-state index in [0.717, 1.165) is 17.8 Å². The summed E-state index contributed by atoms with van der Waals surface area (Å²) < 4.78 is 20.8. The molecular formula is C14H18FN3O. The predicted octanol–water partition coefficient (Wildman–Crippen LogP) is 2.33. The minimum Gasteiger partial charge on any atom is -0.379 e. The van der Waals surface area contributed by atoms with Crippen molar-refractivity contribution in [1.29, 1.82) is 0 Å². The zero-order chi connectivity index (χ0) is 13.6. The van der Waals surface area contributed by atoms with Crippen LogP contribution in [0.3, 0.4) is 0 Å². The molecule has 5 heteroatoms. The number of aromatic nitrogens is 2. The number of imidazole rings is 1. The van der Waals surface area contributed by atoms with Crippen molar-refractivity contribution in [2.24, 2.45) is 5.73 Å². The van der Waals surface area contributed by atoms with Crippen molar-refractivity contribution >= 4 is 11.0 Å². The second-order valence-electron chi connectivity index (χ2n) is 5.49. The van der Waals surface area contributed by atoms with Crippen LogP contribution in [-0.2, 0) is 10.3 Å². The quantitative estimate of drug-likeness (QED) is 0.904. The van der Waals surface area contributed by atoms with Crippen LogP contribution in [0, 0.1) is 5.82 Å². The molecule has 2 heterocycles. The first-order chi connectivity index (χ1) is 9.01. The molecule has 1 atom stereocenters. The Morgan fingerprint density at radius 3 is 2.89 bits per heavy atom. The maximum Gasteiger partial charge on any atom is 0.132 e. The fraction of sp³-hybridized carbons (Fsp3) is 0.500. The van der Waals surface area contributed by atoms with E-state index in [1.54, 1.807) is 6.07 Å². The molecule has 1 aliphatic heterocycles. The molecule has 1 fully saturated rings. The Morgan fingerprint density at radius 2 is 2.26 bits per heavy atom. The first-order valence-electron chi connectivity index (χ1n) is 6.56. The first-order valence-corrected chi connectivity index (χ1v) is 6.56. The van der Waals surface area contributed by atoms with Crippen LogP contribution in [0.1, 0.15) is 32.1 Å². The normalized spacial score (nSPS) is 23.6. The number of rotatable bonds is 2. The molecule has 1 aromatic heterocycles. The van der Waals surface area contributed by atoms with Gasteiger partial charge in [0.05, 0.1) is 17.6 Å². The molecule has 1 aliphatic rings. The van der Waals surface area contributed by atoms with Gasteiger partial charge in [0.25, 0.3) is 0 Å². The molecule has 0 saturated carbocycles. The highest BCUT2D eigenvalue weighted by atomic mass is 19.1. The van der Waals surface area contributed by atoms with Gasteiger partial charge >= 0.3 is 0 Å². The van der Waals surface area contributed by atoms with E-state index in [9.17, 15) is 4.39 Å². The van der Waals surface area contributed by atoms with Gasteiger partial charge in [-0.25, -0.2) is 9.37 Å². The van der Waals surface area contributed by atoms with Gasteiger partial charge in [-0.2, -0.15) is 0 Å². The van der Waals surface area contributed by atoms with Crippen molar-refractivity contribution in [1.82, 2.24) is 9.55 Å². The fourth-order valence-electron chi connectivity index (χ4n) is 2.70. The monoisotopic (exact) mass is 263 g/mol. The highest BCUT2D eigenvalue weighted by Gasteiger charge is 2.37. The lowest BCUT2D eigenvalue weighted by molar-refractivity contribution is 0.175. The molecule has 0 bridgehead atoms. The number of nitrogens with two attached hydrogens (primary N) is 1. The van der Waals surface area contributed by atoms with Crippen LogP contribution in [0.5, 0.6) is 0 Å². The minimum absolute atomic E-state index is 0.214. The van der Waals surface area contributed by atoms with Crippen LogP contribution in [0.2, 0.25) is 0 Å². The minimum atomic E-state index is -0.570. The lowest BCUT2D eigenvalue weighted by Crippen LogP contribution is -2.40. The molecule has 3 rings (SSSR count).